The minimum Gasteiger partial charge on any atom is -0.490 e. The molecular formula is C40H37Cl2FN2O8. The third-order valence-corrected chi connectivity index (χ3v) is 9.69. The van der Waals surface area contributed by atoms with Gasteiger partial charge in [-0.25, -0.2) is 14.0 Å². The number of aromatic carboxylic acids is 2. The number of ether oxygens (including phenoxy) is 2. The summed E-state index contributed by atoms with van der Waals surface area (Å²) in [5.74, 6) is -1.26. The zero-order valence-electron chi connectivity index (χ0n) is 29.0. The number of carbonyl (C=O) groups is 4. The number of halogens is 3. The number of hydrogen-bond donors (Lipinski definition) is 2. The molecule has 10 nitrogen and oxygen atoms in total. The molecule has 0 radical (unpaired) electrons. The molecule has 3 aliphatic rings. The van der Waals surface area contributed by atoms with Crippen molar-refractivity contribution in [2.24, 2.45) is 0 Å². The van der Waals surface area contributed by atoms with Gasteiger partial charge in [-0.05, 0) is 105 Å². The average Bonchev–Trinajstić information content (AvgIpc) is 3.57. The van der Waals surface area contributed by atoms with Crippen LogP contribution in [0, 0.1) is 0 Å². The second kappa shape index (κ2) is 15.5. The maximum atomic E-state index is 13.8. The summed E-state index contributed by atoms with van der Waals surface area (Å²) < 4.78 is 25.4. The van der Waals surface area contributed by atoms with E-state index >= 15 is 0 Å². The summed E-state index contributed by atoms with van der Waals surface area (Å²) >= 11 is 12.2. The van der Waals surface area contributed by atoms with Gasteiger partial charge in [-0.1, -0.05) is 35.3 Å². The molecule has 0 unspecified atom stereocenters. The van der Waals surface area contributed by atoms with Crippen LogP contribution in [0.2, 0.25) is 10.0 Å². The smallest absolute Gasteiger partial charge is 0.336 e. The van der Waals surface area contributed by atoms with E-state index in [9.17, 15) is 33.8 Å². The summed E-state index contributed by atoms with van der Waals surface area (Å²) in [6, 6.07) is 20.1. The fourth-order valence-corrected chi connectivity index (χ4v) is 6.78. The summed E-state index contributed by atoms with van der Waals surface area (Å²) in [7, 11) is 0. The highest BCUT2D eigenvalue weighted by atomic mass is 35.5. The van der Waals surface area contributed by atoms with Crippen LogP contribution in [0.15, 0.2) is 72.8 Å². The van der Waals surface area contributed by atoms with Crippen molar-refractivity contribution >= 4 is 58.3 Å². The molecule has 0 spiro atoms. The van der Waals surface area contributed by atoms with Crippen molar-refractivity contribution < 1.29 is 43.3 Å². The number of fused-ring (bicyclic) bond motifs is 2. The molecular weight excluding hydrogens is 726 g/mol. The van der Waals surface area contributed by atoms with Crippen LogP contribution in [0.25, 0.3) is 0 Å². The fraction of sp³-hybridized carbons (Fsp3) is 0.300. The Morgan fingerprint density at radius 2 is 1.25 bits per heavy atom. The van der Waals surface area contributed by atoms with E-state index < -0.39 is 17.6 Å². The monoisotopic (exact) mass is 762 g/mol. The number of carbonyl (C=O) groups excluding carboxylic acids is 2. The van der Waals surface area contributed by atoms with Crippen LogP contribution in [0.5, 0.6) is 11.5 Å². The predicted octanol–water partition coefficient (Wildman–Crippen LogP) is 8.31. The van der Waals surface area contributed by atoms with Gasteiger partial charge in [-0.15, -0.1) is 0 Å². The Balaban J connectivity index is 0.000000181. The first-order chi connectivity index (χ1) is 25.2. The van der Waals surface area contributed by atoms with E-state index in [1.165, 1.54) is 37.3 Å². The van der Waals surface area contributed by atoms with Crippen LogP contribution < -0.4 is 19.3 Å². The lowest BCUT2D eigenvalue weighted by Gasteiger charge is -2.28. The van der Waals surface area contributed by atoms with Crippen molar-refractivity contribution in [3.05, 3.63) is 116 Å². The number of alkyl halides is 1. The van der Waals surface area contributed by atoms with Crippen LogP contribution in [0.3, 0.4) is 0 Å². The van der Waals surface area contributed by atoms with Gasteiger partial charge < -0.3 is 29.5 Å². The minimum absolute atomic E-state index is 0.0199. The summed E-state index contributed by atoms with van der Waals surface area (Å²) in [5, 5.41) is 19.7. The second-order valence-corrected chi connectivity index (χ2v) is 14.6. The van der Waals surface area contributed by atoms with Crippen LogP contribution in [-0.4, -0.2) is 52.3 Å². The number of rotatable bonds is 11. The Morgan fingerprint density at radius 1 is 0.774 bits per heavy atom. The minimum atomic E-state index is -1.51. The summed E-state index contributed by atoms with van der Waals surface area (Å²) in [6.45, 7) is 3.14. The van der Waals surface area contributed by atoms with Gasteiger partial charge in [0.1, 0.15) is 23.8 Å². The van der Waals surface area contributed by atoms with Gasteiger partial charge >= 0.3 is 11.9 Å². The highest BCUT2D eigenvalue weighted by Crippen LogP contribution is 2.37. The van der Waals surface area contributed by atoms with E-state index in [2.05, 4.69) is 0 Å². The molecule has 13 heteroatoms. The van der Waals surface area contributed by atoms with Gasteiger partial charge in [0.15, 0.2) is 0 Å². The highest BCUT2D eigenvalue weighted by molar-refractivity contribution is 6.31. The summed E-state index contributed by atoms with van der Waals surface area (Å²) in [5.41, 5.74) is 2.48. The van der Waals surface area contributed by atoms with E-state index in [-0.39, 0.29) is 55.0 Å². The zero-order valence-corrected chi connectivity index (χ0v) is 30.5. The van der Waals surface area contributed by atoms with Gasteiger partial charge in [0.05, 0.1) is 43.2 Å². The molecule has 0 aromatic heterocycles. The number of nitrogens with zero attached hydrogens (tertiary/aromatic N) is 2. The number of carboxylic acids is 2. The lowest BCUT2D eigenvalue weighted by molar-refractivity contribution is -0.118. The number of hydrogen-bond acceptors (Lipinski definition) is 6. The lowest BCUT2D eigenvalue weighted by atomic mass is 9.96. The molecule has 1 saturated carbocycles. The molecule has 53 heavy (non-hydrogen) atoms. The van der Waals surface area contributed by atoms with Crippen molar-refractivity contribution in [3.63, 3.8) is 0 Å². The van der Waals surface area contributed by atoms with Gasteiger partial charge in [-0.2, -0.15) is 0 Å². The van der Waals surface area contributed by atoms with Gasteiger partial charge in [-0.3, -0.25) is 9.59 Å². The maximum absolute atomic E-state index is 13.8. The molecule has 4 aromatic rings. The summed E-state index contributed by atoms with van der Waals surface area (Å²) in [4.78, 5) is 51.0. The Morgan fingerprint density at radius 3 is 1.68 bits per heavy atom. The lowest BCUT2D eigenvalue weighted by Crippen LogP contribution is -2.28. The molecule has 0 bridgehead atoms. The Bertz CT molecular complexity index is 2100. The average molecular weight is 764 g/mol. The number of anilines is 2. The topological polar surface area (TPSA) is 134 Å². The van der Waals surface area contributed by atoms with Crippen LogP contribution in [-0.2, 0) is 35.5 Å². The van der Waals surface area contributed by atoms with Crippen LogP contribution in [0.4, 0.5) is 15.8 Å². The van der Waals surface area contributed by atoms with E-state index in [0.29, 0.717) is 50.4 Å². The van der Waals surface area contributed by atoms with E-state index in [4.69, 9.17) is 32.7 Å². The van der Waals surface area contributed by atoms with E-state index in [1.54, 1.807) is 53.4 Å². The Labute approximate surface area is 315 Å². The fourth-order valence-electron chi connectivity index (χ4n) is 6.39. The van der Waals surface area contributed by atoms with Crippen molar-refractivity contribution in [2.45, 2.75) is 70.8 Å². The maximum Gasteiger partial charge on any atom is 0.336 e. The largest absolute Gasteiger partial charge is 0.490 e. The Hall–Kier alpha value is -5.13. The number of amides is 2. The van der Waals surface area contributed by atoms with Crippen molar-refractivity contribution in [2.75, 3.05) is 16.4 Å². The van der Waals surface area contributed by atoms with Crippen molar-refractivity contribution in [1.82, 2.24) is 0 Å². The normalized spacial score (nSPS) is 15.0. The third kappa shape index (κ3) is 8.58. The standard InChI is InChI=1S/C20H19ClFNO4.C20H18ClNO4/c1-20(2,22)11-27-17-7-6-13(21)8-12(17)10-23-16-5-3-4-14(19(25)26)15(16)9-18(23)24;21-13-7-8-18(26-14-3-1-4-14)12(9-13)11-22-17-6-2-5-15(20(24)25)16(17)10-19(22)23/h3-8H,9-11H2,1-2H3,(H,25,26);2,5-9,14H,1,3-4,10-11H2,(H,24,25). The summed E-state index contributed by atoms with van der Waals surface area (Å²) in [6.07, 6.45) is 3.58. The Kier molecular flexibility index (Phi) is 11.0. The first-order valence-electron chi connectivity index (χ1n) is 17.0. The van der Waals surface area contributed by atoms with Crippen LogP contribution in [0.1, 0.15) is 76.1 Å². The highest BCUT2D eigenvalue weighted by Gasteiger charge is 2.33. The van der Waals surface area contributed by atoms with Crippen molar-refractivity contribution in [1.29, 1.82) is 0 Å². The van der Waals surface area contributed by atoms with E-state index in [0.717, 1.165) is 24.2 Å². The number of benzene rings is 4. The number of carboxylic acid groups (broad SMARTS) is 2. The van der Waals surface area contributed by atoms with Crippen molar-refractivity contribution in [3.8, 4) is 11.5 Å². The molecule has 2 aliphatic heterocycles. The predicted molar refractivity (Wildman–Crippen MR) is 198 cm³/mol. The molecule has 0 atom stereocenters. The van der Waals surface area contributed by atoms with Crippen LogP contribution >= 0.6 is 23.2 Å². The second-order valence-electron chi connectivity index (χ2n) is 13.7. The quantitative estimate of drug-likeness (QED) is 0.156. The first-order valence-corrected chi connectivity index (χ1v) is 17.8. The van der Waals surface area contributed by atoms with Gasteiger partial charge in [0, 0.05) is 32.5 Å². The SMILES string of the molecule is CC(C)(F)COc1ccc(Cl)cc1CN1C(=O)Cc2c(C(=O)O)cccc21.O=C(O)c1cccc2c1CC(=O)N2Cc1cc(Cl)ccc1OC1CCC1. The third-order valence-electron chi connectivity index (χ3n) is 9.22. The van der Waals surface area contributed by atoms with E-state index in [1.807, 2.05) is 12.1 Å². The molecule has 276 valence electrons. The zero-order chi connectivity index (χ0) is 38.0. The first kappa shape index (κ1) is 37.6. The molecule has 0 saturated heterocycles. The molecule has 2 heterocycles. The molecule has 1 fully saturated rings. The molecule has 2 N–H and O–H groups in total. The molecule has 2 amide bonds. The molecule has 1 aliphatic carbocycles. The molecule has 4 aromatic carbocycles. The van der Waals surface area contributed by atoms with Gasteiger partial charge in [0.2, 0.25) is 11.8 Å². The molecule has 7 rings (SSSR count). The van der Waals surface area contributed by atoms with Gasteiger partial charge in [0.25, 0.3) is 0 Å².